The monoisotopic (exact) mass is 313 g/mol. The number of aromatic nitrogens is 2. The number of carbonyl (C=O) groups is 1. The van der Waals surface area contributed by atoms with Gasteiger partial charge in [-0.2, -0.15) is 11.8 Å². The van der Waals surface area contributed by atoms with Crippen molar-refractivity contribution in [3.05, 3.63) is 11.5 Å². The van der Waals surface area contributed by atoms with Gasteiger partial charge in [-0.05, 0) is 26.0 Å². The lowest BCUT2D eigenvalue weighted by atomic mass is 10.0. The number of carbonyl (C=O) groups excluding carboxylic acids is 1. The van der Waals surface area contributed by atoms with Gasteiger partial charge in [0.05, 0.1) is 6.61 Å². The van der Waals surface area contributed by atoms with Crippen molar-refractivity contribution in [1.82, 2.24) is 9.55 Å². The van der Waals surface area contributed by atoms with Crippen molar-refractivity contribution in [1.29, 1.82) is 0 Å². The summed E-state index contributed by atoms with van der Waals surface area (Å²) in [6.45, 7) is 9.26. The molecule has 1 rings (SSSR count). The van der Waals surface area contributed by atoms with E-state index < -0.39 is 5.97 Å². The summed E-state index contributed by atoms with van der Waals surface area (Å²) in [5, 5.41) is 0. The minimum absolute atomic E-state index is 0.116. The van der Waals surface area contributed by atoms with Gasteiger partial charge in [-0.15, -0.1) is 0 Å². The van der Waals surface area contributed by atoms with Crippen LogP contribution in [0.4, 0.5) is 5.82 Å². The first-order chi connectivity index (χ1) is 9.98. The Morgan fingerprint density at radius 2 is 1.95 bits per heavy atom. The summed E-state index contributed by atoms with van der Waals surface area (Å²) in [6.07, 6.45) is 4.94. The van der Waals surface area contributed by atoms with E-state index in [1.54, 1.807) is 6.92 Å². The highest BCUT2D eigenvalue weighted by Gasteiger charge is 2.29. The molecule has 1 aromatic heterocycles. The molecule has 0 fully saturated rings. The fourth-order valence-electron chi connectivity index (χ4n) is 2.42. The van der Waals surface area contributed by atoms with E-state index >= 15 is 0 Å². The van der Waals surface area contributed by atoms with Crippen LogP contribution in [0.25, 0.3) is 0 Å². The Bertz CT molecular complexity index is 473. The SMILES string of the molecule is CCOC(=O)c1nc(CC)n(CC(CC)(CC)SC)c1N. The summed E-state index contributed by atoms with van der Waals surface area (Å²) < 4.78 is 7.13. The summed E-state index contributed by atoms with van der Waals surface area (Å²) in [5.41, 5.74) is 6.42. The summed E-state index contributed by atoms with van der Waals surface area (Å²) in [4.78, 5) is 16.3. The van der Waals surface area contributed by atoms with Crippen LogP contribution in [-0.4, -0.2) is 33.1 Å². The van der Waals surface area contributed by atoms with Crippen LogP contribution in [0, 0.1) is 0 Å². The van der Waals surface area contributed by atoms with Gasteiger partial charge in [0.2, 0.25) is 0 Å². The molecule has 0 atom stereocenters. The largest absolute Gasteiger partial charge is 0.461 e. The van der Waals surface area contributed by atoms with Crippen molar-refractivity contribution >= 4 is 23.5 Å². The van der Waals surface area contributed by atoms with Gasteiger partial charge >= 0.3 is 5.97 Å². The van der Waals surface area contributed by atoms with E-state index in [0.717, 1.165) is 31.6 Å². The van der Waals surface area contributed by atoms with Crippen LogP contribution < -0.4 is 5.73 Å². The number of hydrogen-bond donors (Lipinski definition) is 1. The van der Waals surface area contributed by atoms with E-state index in [2.05, 4.69) is 25.1 Å². The Morgan fingerprint density at radius 1 is 1.33 bits per heavy atom. The number of ether oxygens (including phenoxy) is 1. The molecule has 1 heterocycles. The van der Waals surface area contributed by atoms with Crippen LogP contribution in [-0.2, 0) is 17.7 Å². The average Bonchev–Trinajstić information content (AvgIpc) is 2.81. The number of nitrogen functional groups attached to an aromatic ring is 1. The number of nitrogens with zero attached hydrogens (tertiary/aromatic N) is 2. The maximum Gasteiger partial charge on any atom is 0.360 e. The number of rotatable bonds is 8. The Kier molecular flexibility index (Phi) is 6.58. The lowest BCUT2D eigenvalue weighted by Gasteiger charge is -2.31. The second kappa shape index (κ2) is 7.73. The Hall–Kier alpha value is -1.17. The van der Waals surface area contributed by atoms with E-state index in [-0.39, 0.29) is 10.4 Å². The smallest absolute Gasteiger partial charge is 0.360 e. The van der Waals surface area contributed by atoms with Gasteiger partial charge in [-0.3, -0.25) is 0 Å². The van der Waals surface area contributed by atoms with Crippen molar-refractivity contribution in [2.24, 2.45) is 0 Å². The third kappa shape index (κ3) is 3.73. The summed E-state index contributed by atoms with van der Waals surface area (Å²) in [6, 6.07) is 0. The molecular weight excluding hydrogens is 286 g/mol. The first-order valence-corrected chi connectivity index (χ1v) is 8.78. The van der Waals surface area contributed by atoms with E-state index in [1.165, 1.54) is 0 Å². The Labute approximate surface area is 131 Å². The zero-order chi connectivity index (χ0) is 16.0. The quantitative estimate of drug-likeness (QED) is 0.747. The highest BCUT2D eigenvalue weighted by atomic mass is 32.2. The molecule has 6 heteroatoms. The molecule has 0 radical (unpaired) electrons. The van der Waals surface area contributed by atoms with E-state index in [1.807, 2.05) is 23.3 Å². The van der Waals surface area contributed by atoms with Crippen LogP contribution in [0.15, 0.2) is 0 Å². The third-order valence-electron chi connectivity index (χ3n) is 4.04. The van der Waals surface area contributed by atoms with Crippen molar-refractivity contribution in [3.63, 3.8) is 0 Å². The number of aryl methyl sites for hydroxylation is 1. The van der Waals surface area contributed by atoms with Crippen LogP contribution in [0.3, 0.4) is 0 Å². The molecule has 0 spiro atoms. The fourth-order valence-corrected chi connectivity index (χ4v) is 3.26. The molecule has 1 aromatic rings. The highest BCUT2D eigenvalue weighted by molar-refractivity contribution is 8.00. The molecule has 2 N–H and O–H groups in total. The molecule has 0 unspecified atom stereocenters. The van der Waals surface area contributed by atoms with E-state index in [0.29, 0.717) is 12.4 Å². The van der Waals surface area contributed by atoms with Gasteiger partial charge in [0.1, 0.15) is 11.6 Å². The summed E-state index contributed by atoms with van der Waals surface area (Å²) in [7, 11) is 0. The maximum absolute atomic E-state index is 11.9. The minimum atomic E-state index is -0.439. The zero-order valence-electron chi connectivity index (χ0n) is 13.7. The maximum atomic E-state index is 11.9. The predicted octanol–water partition coefficient (Wildman–Crippen LogP) is 3.13. The molecule has 0 aliphatic heterocycles. The minimum Gasteiger partial charge on any atom is -0.461 e. The molecule has 120 valence electrons. The standard InChI is InChI=1S/C15H27N3O2S/c1-6-11-17-12(14(19)20-9-4)13(16)18(11)10-15(7-2,8-3)21-5/h6-10,16H2,1-5H3. The van der Waals surface area contributed by atoms with Gasteiger partial charge in [0.25, 0.3) is 0 Å². The molecule has 0 saturated carbocycles. The fraction of sp³-hybridized carbons (Fsp3) is 0.733. The predicted molar refractivity (Wildman–Crippen MR) is 88.8 cm³/mol. The van der Waals surface area contributed by atoms with Gasteiger partial charge < -0.3 is 15.0 Å². The zero-order valence-corrected chi connectivity index (χ0v) is 14.5. The van der Waals surface area contributed by atoms with E-state index in [4.69, 9.17) is 10.5 Å². The van der Waals surface area contributed by atoms with Gasteiger partial charge in [-0.1, -0.05) is 20.8 Å². The molecule has 0 aromatic carbocycles. The van der Waals surface area contributed by atoms with Crippen molar-refractivity contribution < 1.29 is 9.53 Å². The third-order valence-corrected chi connectivity index (χ3v) is 5.61. The molecular formula is C15H27N3O2S. The Morgan fingerprint density at radius 3 is 2.38 bits per heavy atom. The Balaban J connectivity index is 3.20. The number of nitrogens with two attached hydrogens (primary N) is 1. The lowest BCUT2D eigenvalue weighted by molar-refractivity contribution is 0.0521. The number of anilines is 1. The van der Waals surface area contributed by atoms with Crippen LogP contribution >= 0.6 is 11.8 Å². The molecule has 0 amide bonds. The number of esters is 1. The second-order valence-corrected chi connectivity index (χ2v) is 6.29. The number of thioether (sulfide) groups is 1. The topological polar surface area (TPSA) is 70.1 Å². The van der Waals surface area contributed by atoms with Crippen LogP contribution in [0.2, 0.25) is 0 Å². The van der Waals surface area contributed by atoms with Crippen molar-refractivity contribution in [2.75, 3.05) is 18.6 Å². The summed E-state index contributed by atoms with van der Waals surface area (Å²) in [5.74, 6) is 0.827. The second-order valence-electron chi connectivity index (χ2n) is 5.02. The molecule has 0 aliphatic rings. The van der Waals surface area contributed by atoms with Gasteiger partial charge in [0, 0.05) is 17.7 Å². The summed E-state index contributed by atoms with van der Waals surface area (Å²) >= 11 is 1.85. The van der Waals surface area contributed by atoms with Gasteiger partial charge in [0.15, 0.2) is 5.69 Å². The van der Waals surface area contributed by atoms with Crippen molar-refractivity contribution in [3.8, 4) is 0 Å². The molecule has 0 aliphatic carbocycles. The normalized spacial score (nSPS) is 11.7. The van der Waals surface area contributed by atoms with Crippen LogP contribution in [0.5, 0.6) is 0 Å². The molecule has 0 bridgehead atoms. The highest BCUT2D eigenvalue weighted by Crippen LogP contribution is 2.34. The molecule has 21 heavy (non-hydrogen) atoms. The van der Waals surface area contributed by atoms with Crippen LogP contribution in [0.1, 0.15) is 56.8 Å². The number of imidazole rings is 1. The molecule has 0 saturated heterocycles. The lowest BCUT2D eigenvalue weighted by Crippen LogP contribution is -2.30. The molecule has 5 nitrogen and oxygen atoms in total. The first kappa shape index (κ1) is 17.9. The average molecular weight is 313 g/mol. The van der Waals surface area contributed by atoms with E-state index in [9.17, 15) is 4.79 Å². The van der Waals surface area contributed by atoms with Crippen molar-refractivity contribution in [2.45, 2.75) is 58.2 Å². The number of hydrogen-bond acceptors (Lipinski definition) is 5. The first-order valence-electron chi connectivity index (χ1n) is 7.55. The van der Waals surface area contributed by atoms with Gasteiger partial charge in [-0.25, -0.2) is 9.78 Å².